The summed E-state index contributed by atoms with van der Waals surface area (Å²) in [5.74, 6) is 0. The first-order valence-corrected chi connectivity index (χ1v) is 2.68. The Morgan fingerprint density at radius 1 is 0.700 bits per heavy atom. The molecule has 0 amide bonds. The average Bonchev–Trinajstić information content (AvgIpc) is 1.95. The minimum atomic E-state index is -1.11. The van der Waals surface area contributed by atoms with Gasteiger partial charge in [0.2, 0.25) is 0 Å². The van der Waals surface area contributed by atoms with Crippen LogP contribution in [0.5, 0.6) is 0 Å². The summed E-state index contributed by atoms with van der Waals surface area (Å²) >= 11 is 0. The molecular formula is C5H14O4Pb. The van der Waals surface area contributed by atoms with Gasteiger partial charge in [0.1, 0.15) is 0 Å². The quantitative estimate of drug-likeness (QED) is 0.410. The van der Waals surface area contributed by atoms with Crippen molar-refractivity contribution in [3.8, 4) is 0 Å². The average molecular weight is 345 g/mol. The second-order valence-corrected chi connectivity index (χ2v) is 2.13. The van der Waals surface area contributed by atoms with Gasteiger partial charge in [-0.05, 0) is 0 Å². The molecule has 0 aromatic rings. The number of rotatable bonds is 4. The van der Waals surface area contributed by atoms with E-state index in [0.29, 0.717) is 0 Å². The zero-order valence-corrected chi connectivity index (χ0v) is 11.3. The second-order valence-electron chi connectivity index (χ2n) is 2.13. The van der Waals surface area contributed by atoms with Crippen molar-refractivity contribution in [2.45, 2.75) is 0 Å². The van der Waals surface area contributed by atoms with Crippen LogP contribution in [0.4, 0.5) is 0 Å². The van der Waals surface area contributed by atoms with Crippen molar-refractivity contribution in [3.05, 3.63) is 0 Å². The maximum absolute atomic E-state index is 8.50. The minimum absolute atomic E-state index is 0. The van der Waals surface area contributed by atoms with Crippen LogP contribution in [0, 0.1) is 5.41 Å². The molecule has 5 heteroatoms. The predicted octanol–water partition coefficient (Wildman–Crippen LogP) is -2.97. The van der Waals surface area contributed by atoms with Crippen LogP contribution in [0.3, 0.4) is 0 Å². The fourth-order valence-electron chi connectivity index (χ4n) is 0.300. The van der Waals surface area contributed by atoms with Gasteiger partial charge >= 0.3 is 27.3 Å². The Labute approximate surface area is 79.7 Å². The Bertz CT molecular complexity index is 56.5. The topological polar surface area (TPSA) is 80.9 Å². The van der Waals surface area contributed by atoms with E-state index in [9.17, 15) is 0 Å². The third-order valence-corrected chi connectivity index (χ3v) is 1.34. The van der Waals surface area contributed by atoms with Crippen LogP contribution in [0.2, 0.25) is 0 Å². The molecule has 0 heterocycles. The molecule has 0 aliphatic heterocycles. The van der Waals surface area contributed by atoms with Gasteiger partial charge in [0, 0.05) is 0 Å². The molecule has 4 N–H and O–H groups in total. The standard InChI is InChI=1S/C5H12O4.Pb.2H/c6-1-5(2-7,3-8)4-9;;;/h6-9H,1-4H2;;;. The van der Waals surface area contributed by atoms with E-state index in [1.807, 2.05) is 0 Å². The predicted molar refractivity (Wildman–Crippen MR) is 39.3 cm³/mol. The number of aliphatic hydroxyl groups excluding tert-OH is 4. The maximum atomic E-state index is 8.50. The monoisotopic (exact) mass is 346 g/mol. The van der Waals surface area contributed by atoms with E-state index >= 15 is 0 Å². The summed E-state index contributed by atoms with van der Waals surface area (Å²) in [6, 6.07) is 0. The van der Waals surface area contributed by atoms with E-state index in [-0.39, 0.29) is 27.3 Å². The molecule has 0 saturated carbocycles. The first kappa shape index (κ1) is 13.4. The van der Waals surface area contributed by atoms with Gasteiger partial charge in [-0.3, -0.25) is 0 Å². The molecule has 0 aliphatic carbocycles. The molecule has 0 atom stereocenters. The van der Waals surface area contributed by atoms with Crippen LogP contribution in [0.25, 0.3) is 0 Å². The first-order chi connectivity index (χ1) is 4.24. The summed E-state index contributed by atoms with van der Waals surface area (Å²) < 4.78 is 0. The Hall–Kier alpha value is 0.762. The molecule has 0 bridgehead atoms. The van der Waals surface area contributed by atoms with Crippen molar-refractivity contribution in [3.63, 3.8) is 0 Å². The van der Waals surface area contributed by atoms with E-state index in [0.717, 1.165) is 0 Å². The normalized spacial score (nSPS) is 10.8. The van der Waals surface area contributed by atoms with Crippen LogP contribution < -0.4 is 0 Å². The fraction of sp³-hybridized carbons (Fsp3) is 1.00. The summed E-state index contributed by atoms with van der Waals surface area (Å²) in [7, 11) is 0. The molecule has 0 aromatic heterocycles. The Morgan fingerprint density at radius 2 is 0.900 bits per heavy atom. The van der Waals surface area contributed by atoms with Gasteiger partial charge in [-0.25, -0.2) is 0 Å². The van der Waals surface area contributed by atoms with E-state index in [4.69, 9.17) is 20.4 Å². The molecule has 0 unspecified atom stereocenters. The van der Waals surface area contributed by atoms with Crippen LogP contribution in [-0.4, -0.2) is 74.2 Å². The van der Waals surface area contributed by atoms with Gasteiger partial charge in [0.15, 0.2) is 0 Å². The van der Waals surface area contributed by atoms with Crippen LogP contribution in [0.15, 0.2) is 0 Å². The SMILES string of the molecule is OCC(CO)(CO)CO.[PbH2]. The van der Waals surface area contributed by atoms with Crippen LogP contribution in [0.1, 0.15) is 0 Å². The summed E-state index contributed by atoms with van der Waals surface area (Å²) in [6.07, 6.45) is 0. The van der Waals surface area contributed by atoms with Gasteiger partial charge in [0.05, 0.1) is 31.8 Å². The van der Waals surface area contributed by atoms with E-state index < -0.39 is 31.8 Å². The number of hydrogen-bond acceptors (Lipinski definition) is 4. The van der Waals surface area contributed by atoms with Crippen molar-refractivity contribution < 1.29 is 20.4 Å². The third kappa shape index (κ3) is 3.24. The van der Waals surface area contributed by atoms with Crippen LogP contribution >= 0.6 is 0 Å². The van der Waals surface area contributed by atoms with Gasteiger partial charge < -0.3 is 20.4 Å². The molecule has 0 saturated heterocycles. The molecule has 4 nitrogen and oxygen atoms in total. The van der Waals surface area contributed by atoms with Crippen molar-refractivity contribution >= 4 is 27.3 Å². The molecule has 10 heavy (non-hydrogen) atoms. The van der Waals surface area contributed by atoms with Crippen molar-refractivity contribution in [1.29, 1.82) is 0 Å². The Balaban J connectivity index is 0. The Kier molecular flexibility index (Phi) is 8.64. The molecule has 0 spiro atoms. The molecule has 0 aliphatic rings. The van der Waals surface area contributed by atoms with Crippen LogP contribution in [-0.2, 0) is 0 Å². The molecule has 0 rings (SSSR count). The summed E-state index contributed by atoms with van der Waals surface area (Å²) in [4.78, 5) is 0. The first-order valence-electron chi connectivity index (χ1n) is 2.68. The second kappa shape index (κ2) is 6.47. The molecule has 2 radical (unpaired) electrons. The molecule has 62 valence electrons. The van der Waals surface area contributed by atoms with Crippen molar-refractivity contribution in [2.75, 3.05) is 26.4 Å². The molecular weight excluding hydrogens is 331 g/mol. The zero-order chi connectivity index (χ0) is 7.33. The van der Waals surface area contributed by atoms with Gasteiger partial charge in [-0.2, -0.15) is 0 Å². The third-order valence-electron chi connectivity index (χ3n) is 1.34. The van der Waals surface area contributed by atoms with E-state index in [1.54, 1.807) is 0 Å². The van der Waals surface area contributed by atoms with E-state index in [2.05, 4.69) is 0 Å². The summed E-state index contributed by atoms with van der Waals surface area (Å²) in [6.45, 7) is -1.62. The van der Waals surface area contributed by atoms with Crippen molar-refractivity contribution in [1.82, 2.24) is 0 Å². The fourth-order valence-corrected chi connectivity index (χ4v) is 0.300. The van der Waals surface area contributed by atoms with Gasteiger partial charge in [-0.1, -0.05) is 0 Å². The van der Waals surface area contributed by atoms with Crippen molar-refractivity contribution in [2.24, 2.45) is 5.41 Å². The van der Waals surface area contributed by atoms with Gasteiger partial charge in [0.25, 0.3) is 0 Å². The zero-order valence-electron chi connectivity index (χ0n) is 5.82. The summed E-state index contributed by atoms with van der Waals surface area (Å²) in [5.41, 5.74) is -1.11. The number of aliphatic hydroxyl groups is 4. The van der Waals surface area contributed by atoms with Gasteiger partial charge in [-0.15, -0.1) is 0 Å². The molecule has 0 aromatic carbocycles. The van der Waals surface area contributed by atoms with E-state index in [1.165, 1.54) is 0 Å². The number of hydrogen-bond donors (Lipinski definition) is 4. The Morgan fingerprint density at radius 3 is 0.900 bits per heavy atom. The summed E-state index contributed by atoms with van der Waals surface area (Å²) in [5, 5.41) is 34.0. The molecule has 0 fully saturated rings.